The molecule has 1 aromatic heterocycles. The van der Waals surface area contributed by atoms with Gasteiger partial charge in [-0.25, -0.2) is 9.97 Å². The molecule has 1 saturated heterocycles. The highest BCUT2D eigenvalue weighted by Gasteiger charge is 2.19. The molecule has 0 atom stereocenters. The van der Waals surface area contributed by atoms with Gasteiger partial charge in [0, 0.05) is 38.1 Å². The number of anilines is 2. The third kappa shape index (κ3) is 2.59. The maximum atomic E-state index is 4.51. The Morgan fingerprint density at radius 3 is 2.30 bits per heavy atom. The van der Waals surface area contributed by atoms with Crippen LogP contribution in [0.5, 0.6) is 0 Å². The molecule has 4 nitrogen and oxygen atoms in total. The number of benzene rings is 1. The Morgan fingerprint density at radius 2 is 1.60 bits per heavy atom. The molecule has 0 radical (unpaired) electrons. The summed E-state index contributed by atoms with van der Waals surface area (Å²) < 4.78 is 0. The Labute approximate surface area is 120 Å². The minimum atomic E-state index is 0.837. The highest BCUT2D eigenvalue weighted by molar-refractivity contribution is 5.54. The number of para-hydroxylation sites is 1. The lowest BCUT2D eigenvalue weighted by Crippen LogP contribution is -2.47. The van der Waals surface area contributed by atoms with Gasteiger partial charge in [0.2, 0.25) is 0 Å². The van der Waals surface area contributed by atoms with Gasteiger partial charge in [0.15, 0.2) is 0 Å². The second-order valence-electron chi connectivity index (χ2n) is 5.22. The molecule has 0 saturated carbocycles. The van der Waals surface area contributed by atoms with Gasteiger partial charge in [0.1, 0.15) is 11.6 Å². The number of aromatic nitrogens is 2. The first-order valence-corrected chi connectivity index (χ1v) is 7.09. The van der Waals surface area contributed by atoms with Crippen molar-refractivity contribution < 1.29 is 0 Å². The fraction of sp³-hybridized carbons (Fsp3) is 0.375. The van der Waals surface area contributed by atoms with Crippen LogP contribution in [0, 0.1) is 13.8 Å². The molecule has 0 aliphatic carbocycles. The highest BCUT2D eigenvalue weighted by atomic mass is 15.3. The highest BCUT2D eigenvalue weighted by Crippen LogP contribution is 2.22. The molecule has 1 fully saturated rings. The van der Waals surface area contributed by atoms with Crippen molar-refractivity contribution in [3.63, 3.8) is 0 Å². The van der Waals surface area contributed by atoms with Gasteiger partial charge >= 0.3 is 0 Å². The topological polar surface area (TPSA) is 32.3 Å². The summed E-state index contributed by atoms with van der Waals surface area (Å²) in [5, 5.41) is 0. The average Bonchev–Trinajstić information content (AvgIpc) is 2.48. The van der Waals surface area contributed by atoms with Crippen molar-refractivity contribution in [3.05, 3.63) is 47.9 Å². The predicted octanol–water partition coefficient (Wildman–Crippen LogP) is 2.42. The van der Waals surface area contributed by atoms with Crippen molar-refractivity contribution in [1.29, 1.82) is 0 Å². The standard InChI is InChI=1S/C16H20N4/c1-13-5-3-4-6-15(13)19-9-11-20(12-10-19)16-7-8-17-14(2)18-16/h3-8H,9-12H2,1-2H3. The summed E-state index contributed by atoms with van der Waals surface area (Å²) >= 11 is 0. The van der Waals surface area contributed by atoms with Gasteiger partial charge in [0.25, 0.3) is 0 Å². The number of piperazine rings is 1. The number of hydrogen-bond acceptors (Lipinski definition) is 4. The Balaban J connectivity index is 1.70. The van der Waals surface area contributed by atoms with Crippen LogP contribution in [0.1, 0.15) is 11.4 Å². The van der Waals surface area contributed by atoms with Crippen molar-refractivity contribution in [2.24, 2.45) is 0 Å². The minimum absolute atomic E-state index is 0.837. The summed E-state index contributed by atoms with van der Waals surface area (Å²) in [6.07, 6.45) is 1.84. The zero-order valence-corrected chi connectivity index (χ0v) is 12.1. The Bertz CT molecular complexity index is 589. The van der Waals surface area contributed by atoms with Crippen molar-refractivity contribution >= 4 is 11.5 Å². The van der Waals surface area contributed by atoms with Crippen LogP contribution in [0.25, 0.3) is 0 Å². The van der Waals surface area contributed by atoms with Crippen LogP contribution in [-0.4, -0.2) is 36.1 Å². The van der Waals surface area contributed by atoms with Crippen LogP contribution in [0.4, 0.5) is 11.5 Å². The Kier molecular flexibility index (Phi) is 3.54. The first-order chi connectivity index (χ1) is 9.74. The van der Waals surface area contributed by atoms with E-state index < -0.39 is 0 Å². The summed E-state index contributed by atoms with van der Waals surface area (Å²) in [5.74, 6) is 1.88. The first-order valence-electron chi connectivity index (χ1n) is 7.09. The third-order valence-corrected chi connectivity index (χ3v) is 3.82. The smallest absolute Gasteiger partial charge is 0.132 e. The molecule has 0 unspecified atom stereocenters. The van der Waals surface area contributed by atoms with Crippen molar-refractivity contribution in [2.45, 2.75) is 13.8 Å². The number of rotatable bonds is 2. The summed E-state index contributed by atoms with van der Waals surface area (Å²) in [6, 6.07) is 10.6. The van der Waals surface area contributed by atoms with Gasteiger partial charge in [-0.15, -0.1) is 0 Å². The van der Waals surface area contributed by atoms with E-state index in [0.717, 1.165) is 37.8 Å². The van der Waals surface area contributed by atoms with Crippen LogP contribution in [0.3, 0.4) is 0 Å². The van der Waals surface area contributed by atoms with Crippen LogP contribution in [0.2, 0.25) is 0 Å². The molecule has 4 heteroatoms. The van der Waals surface area contributed by atoms with E-state index in [-0.39, 0.29) is 0 Å². The number of hydrogen-bond donors (Lipinski definition) is 0. The molecule has 0 bridgehead atoms. The molecule has 3 rings (SSSR count). The van der Waals surface area contributed by atoms with Crippen molar-refractivity contribution in [1.82, 2.24) is 9.97 Å². The Morgan fingerprint density at radius 1 is 0.900 bits per heavy atom. The largest absolute Gasteiger partial charge is 0.368 e. The second kappa shape index (κ2) is 5.49. The molecule has 1 aliphatic heterocycles. The minimum Gasteiger partial charge on any atom is -0.368 e. The van der Waals surface area contributed by atoms with Crippen molar-refractivity contribution in [2.75, 3.05) is 36.0 Å². The summed E-state index contributed by atoms with van der Waals surface area (Å²) in [5.41, 5.74) is 2.70. The quantitative estimate of drug-likeness (QED) is 0.837. The fourth-order valence-electron chi connectivity index (χ4n) is 2.71. The first kappa shape index (κ1) is 12.9. The van der Waals surface area contributed by atoms with Gasteiger partial charge in [-0.05, 0) is 31.5 Å². The van der Waals surface area contributed by atoms with E-state index in [9.17, 15) is 0 Å². The lowest BCUT2D eigenvalue weighted by atomic mass is 10.1. The molecule has 1 aliphatic rings. The predicted molar refractivity (Wildman–Crippen MR) is 82.4 cm³/mol. The lowest BCUT2D eigenvalue weighted by Gasteiger charge is -2.37. The zero-order chi connectivity index (χ0) is 13.9. The number of nitrogens with zero attached hydrogens (tertiary/aromatic N) is 4. The van der Waals surface area contributed by atoms with Gasteiger partial charge in [-0.3, -0.25) is 0 Å². The van der Waals surface area contributed by atoms with Gasteiger partial charge in [0.05, 0.1) is 0 Å². The van der Waals surface area contributed by atoms with E-state index in [2.05, 4.69) is 51.0 Å². The summed E-state index contributed by atoms with van der Waals surface area (Å²) in [4.78, 5) is 13.5. The number of aryl methyl sites for hydroxylation is 2. The van der Waals surface area contributed by atoms with E-state index in [1.165, 1.54) is 11.3 Å². The summed E-state index contributed by atoms with van der Waals surface area (Å²) in [7, 11) is 0. The van der Waals surface area contributed by atoms with E-state index >= 15 is 0 Å². The molecule has 2 heterocycles. The fourth-order valence-corrected chi connectivity index (χ4v) is 2.71. The molecular weight excluding hydrogens is 248 g/mol. The van der Waals surface area contributed by atoms with Crippen LogP contribution in [-0.2, 0) is 0 Å². The monoisotopic (exact) mass is 268 g/mol. The van der Waals surface area contributed by atoms with Gasteiger partial charge in [-0.2, -0.15) is 0 Å². The molecule has 1 aromatic carbocycles. The van der Waals surface area contributed by atoms with Crippen LogP contribution < -0.4 is 9.80 Å². The normalized spacial score (nSPS) is 15.5. The van der Waals surface area contributed by atoms with Crippen LogP contribution >= 0.6 is 0 Å². The van der Waals surface area contributed by atoms with E-state index in [0.29, 0.717) is 0 Å². The zero-order valence-electron chi connectivity index (χ0n) is 12.1. The SMILES string of the molecule is Cc1nccc(N2CCN(c3ccccc3C)CC2)n1. The third-order valence-electron chi connectivity index (χ3n) is 3.82. The maximum Gasteiger partial charge on any atom is 0.132 e. The molecule has 0 N–H and O–H groups in total. The molecular formula is C16H20N4. The van der Waals surface area contributed by atoms with Crippen LogP contribution in [0.15, 0.2) is 36.5 Å². The van der Waals surface area contributed by atoms with E-state index in [1.807, 2.05) is 19.2 Å². The molecule has 0 amide bonds. The lowest BCUT2D eigenvalue weighted by molar-refractivity contribution is 0.644. The van der Waals surface area contributed by atoms with E-state index in [4.69, 9.17) is 0 Å². The summed E-state index contributed by atoms with van der Waals surface area (Å²) in [6.45, 7) is 8.19. The Hall–Kier alpha value is -2.10. The second-order valence-corrected chi connectivity index (χ2v) is 5.22. The molecule has 2 aromatic rings. The average molecular weight is 268 g/mol. The maximum absolute atomic E-state index is 4.51. The molecule has 0 spiro atoms. The van der Waals surface area contributed by atoms with E-state index in [1.54, 1.807) is 0 Å². The molecule has 20 heavy (non-hydrogen) atoms. The van der Waals surface area contributed by atoms with Gasteiger partial charge in [-0.1, -0.05) is 18.2 Å². The van der Waals surface area contributed by atoms with Gasteiger partial charge < -0.3 is 9.80 Å². The van der Waals surface area contributed by atoms with Crippen molar-refractivity contribution in [3.8, 4) is 0 Å². The molecule has 104 valence electrons.